The largest absolute Gasteiger partial charge is 0.503 e. The van der Waals surface area contributed by atoms with Gasteiger partial charge in [0.1, 0.15) is 5.69 Å². The summed E-state index contributed by atoms with van der Waals surface area (Å²) in [5.74, 6) is -1.27. The average molecular weight is 197 g/mol. The van der Waals surface area contributed by atoms with Gasteiger partial charge in [0.05, 0.1) is 6.20 Å². The molecule has 5 heteroatoms. The second-order valence-electron chi connectivity index (χ2n) is 3.27. The number of carbonyl (C=O) groups is 1. The van der Waals surface area contributed by atoms with Gasteiger partial charge >= 0.3 is 0 Å². The van der Waals surface area contributed by atoms with E-state index in [9.17, 15) is 14.8 Å². The highest BCUT2D eigenvalue weighted by Crippen LogP contribution is 2.08. The second-order valence-corrected chi connectivity index (χ2v) is 3.27. The molecule has 0 bridgehead atoms. The summed E-state index contributed by atoms with van der Waals surface area (Å²) in [7, 11) is 0. The molecule has 0 aliphatic carbocycles. The highest BCUT2D eigenvalue weighted by Gasteiger charge is 2.16. The Morgan fingerprint density at radius 1 is 1.50 bits per heavy atom. The summed E-state index contributed by atoms with van der Waals surface area (Å²) in [6.07, 6.45) is 0.804. The number of rotatable bonds is 2. The van der Waals surface area contributed by atoms with E-state index in [1.54, 1.807) is 13.8 Å². The van der Waals surface area contributed by atoms with Gasteiger partial charge in [-0.1, -0.05) is 13.8 Å². The van der Waals surface area contributed by atoms with Crippen LogP contribution in [0.4, 0.5) is 0 Å². The zero-order valence-corrected chi connectivity index (χ0v) is 7.89. The molecule has 0 fully saturated rings. The van der Waals surface area contributed by atoms with E-state index in [0.717, 1.165) is 12.3 Å². The SMILES string of the molecule is CC(C)C(=O)c1cc(=O)c(O)cn1O. The molecule has 0 aromatic carbocycles. The predicted octanol–water partition coefficient (Wildman–Crippen LogP) is 0.630. The third-order valence-corrected chi connectivity index (χ3v) is 1.79. The number of aromatic hydroxyl groups is 1. The maximum absolute atomic E-state index is 11.4. The lowest BCUT2D eigenvalue weighted by molar-refractivity contribution is 0.0882. The third kappa shape index (κ3) is 1.76. The van der Waals surface area contributed by atoms with E-state index in [1.807, 2.05) is 0 Å². The van der Waals surface area contributed by atoms with Gasteiger partial charge in [0.15, 0.2) is 11.5 Å². The Kier molecular flexibility index (Phi) is 2.60. The van der Waals surface area contributed by atoms with Crippen molar-refractivity contribution >= 4 is 5.78 Å². The van der Waals surface area contributed by atoms with E-state index < -0.39 is 11.2 Å². The Morgan fingerprint density at radius 3 is 2.57 bits per heavy atom. The lowest BCUT2D eigenvalue weighted by atomic mass is 10.1. The molecule has 0 saturated heterocycles. The monoisotopic (exact) mass is 197 g/mol. The van der Waals surface area contributed by atoms with Gasteiger partial charge in [-0.05, 0) is 0 Å². The molecule has 0 atom stereocenters. The Balaban J connectivity index is 3.30. The maximum Gasteiger partial charge on any atom is 0.224 e. The lowest BCUT2D eigenvalue weighted by Gasteiger charge is -2.07. The quantitative estimate of drug-likeness (QED) is 0.538. The molecule has 76 valence electrons. The summed E-state index contributed by atoms with van der Waals surface area (Å²) >= 11 is 0. The fraction of sp³-hybridized carbons (Fsp3) is 0.333. The Bertz CT molecular complexity index is 419. The van der Waals surface area contributed by atoms with Crippen LogP contribution in [0.25, 0.3) is 0 Å². The van der Waals surface area contributed by atoms with E-state index >= 15 is 0 Å². The van der Waals surface area contributed by atoms with Gasteiger partial charge in [0.25, 0.3) is 0 Å². The van der Waals surface area contributed by atoms with Crippen LogP contribution in [0.3, 0.4) is 0 Å². The molecule has 0 unspecified atom stereocenters. The Morgan fingerprint density at radius 2 is 2.07 bits per heavy atom. The lowest BCUT2D eigenvalue weighted by Crippen LogP contribution is -2.18. The van der Waals surface area contributed by atoms with E-state index in [4.69, 9.17) is 5.11 Å². The molecule has 0 saturated carbocycles. The van der Waals surface area contributed by atoms with Gasteiger partial charge in [-0.3, -0.25) is 9.59 Å². The Hall–Kier alpha value is -1.78. The number of aromatic nitrogens is 1. The molecule has 1 aromatic rings. The first-order valence-corrected chi connectivity index (χ1v) is 4.12. The molecule has 2 N–H and O–H groups in total. The summed E-state index contributed by atoms with van der Waals surface area (Å²) < 4.78 is 0.457. The van der Waals surface area contributed by atoms with Crippen LogP contribution < -0.4 is 5.43 Å². The average Bonchev–Trinajstić information content (AvgIpc) is 2.10. The maximum atomic E-state index is 11.4. The van der Waals surface area contributed by atoms with Crippen molar-refractivity contribution in [2.45, 2.75) is 13.8 Å². The van der Waals surface area contributed by atoms with Crippen molar-refractivity contribution in [1.29, 1.82) is 0 Å². The summed E-state index contributed by atoms with van der Waals surface area (Å²) in [5, 5.41) is 18.2. The van der Waals surface area contributed by atoms with E-state index in [2.05, 4.69) is 0 Å². The first-order valence-electron chi connectivity index (χ1n) is 4.12. The van der Waals surface area contributed by atoms with E-state index in [-0.39, 0.29) is 17.4 Å². The molecule has 0 radical (unpaired) electrons. The number of hydrogen-bond donors (Lipinski definition) is 2. The van der Waals surface area contributed by atoms with Gasteiger partial charge in [-0.2, -0.15) is 4.73 Å². The van der Waals surface area contributed by atoms with Crippen molar-refractivity contribution in [2.75, 3.05) is 0 Å². The number of Topliss-reactive ketones (excluding diaryl/α,β-unsaturated/α-hetero) is 1. The first kappa shape index (κ1) is 10.3. The minimum Gasteiger partial charge on any atom is -0.503 e. The highest BCUT2D eigenvalue weighted by atomic mass is 16.5. The fourth-order valence-electron chi connectivity index (χ4n) is 0.993. The summed E-state index contributed by atoms with van der Waals surface area (Å²) in [6.45, 7) is 3.30. The van der Waals surface area contributed by atoms with E-state index in [0.29, 0.717) is 4.73 Å². The molecule has 1 rings (SSSR count). The topological polar surface area (TPSA) is 79.5 Å². The number of ketones is 1. The van der Waals surface area contributed by atoms with Crippen LogP contribution in [0.2, 0.25) is 0 Å². The number of nitrogens with zero attached hydrogens (tertiary/aromatic N) is 1. The summed E-state index contributed by atoms with van der Waals surface area (Å²) in [6, 6.07) is 0.914. The predicted molar refractivity (Wildman–Crippen MR) is 48.7 cm³/mol. The van der Waals surface area contributed by atoms with Gasteiger partial charge in [-0.15, -0.1) is 0 Å². The van der Waals surface area contributed by atoms with Crippen molar-refractivity contribution in [3.05, 3.63) is 28.2 Å². The number of hydrogen-bond acceptors (Lipinski definition) is 4. The van der Waals surface area contributed by atoms with E-state index in [1.165, 1.54) is 0 Å². The molecule has 0 spiro atoms. The number of pyridine rings is 1. The van der Waals surface area contributed by atoms with Crippen LogP contribution in [-0.4, -0.2) is 20.8 Å². The first-order chi connectivity index (χ1) is 6.43. The highest BCUT2D eigenvalue weighted by molar-refractivity contribution is 5.95. The van der Waals surface area contributed by atoms with Gasteiger partial charge in [-0.25, -0.2) is 0 Å². The smallest absolute Gasteiger partial charge is 0.224 e. The van der Waals surface area contributed by atoms with Crippen molar-refractivity contribution < 1.29 is 15.1 Å². The standard InChI is InChI=1S/C9H11NO4/c1-5(2)9(13)6-3-7(11)8(12)4-10(6)14/h3-5,12,14H,1-2H3. The third-order valence-electron chi connectivity index (χ3n) is 1.79. The molecule has 5 nitrogen and oxygen atoms in total. The normalized spacial score (nSPS) is 10.5. The zero-order chi connectivity index (χ0) is 10.9. The molecule has 0 amide bonds. The van der Waals surface area contributed by atoms with Crippen LogP contribution in [0.1, 0.15) is 24.3 Å². The van der Waals surface area contributed by atoms with Crippen molar-refractivity contribution in [2.24, 2.45) is 5.92 Å². The summed E-state index contributed by atoms with van der Waals surface area (Å²) in [4.78, 5) is 22.4. The fourth-order valence-corrected chi connectivity index (χ4v) is 0.993. The Labute approximate surface area is 80.2 Å². The molecular weight excluding hydrogens is 186 g/mol. The molecule has 1 heterocycles. The molecule has 0 aliphatic heterocycles. The van der Waals surface area contributed by atoms with Gasteiger partial charge in [0, 0.05) is 12.0 Å². The summed E-state index contributed by atoms with van der Waals surface area (Å²) in [5.41, 5.74) is -0.804. The zero-order valence-electron chi connectivity index (χ0n) is 7.89. The van der Waals surface area contributed by atoms with Crippen LogP contribution in [0.15, 0.2) is 17.1 Å². The molecule has 0 aliphatic rings. The van der Waals surface area contributed by atoms with Crippen LogP contribution >= 0.6 is 0 Å². The second kappa shape index (κ2) is 3.53. The number of carbonyl (C=O) groups excluding carboxylic acids is 1. The molecular formula is C9H11NO4. The minimum absolute atomic E-state index is 0.122. The molecule has 14 heavy (non-hydrogen) atoms. The van der Waals surface area contributed by atoms with Crippen molar-refractivity contribution in [1.82, 2.24) is 4.73 Å². The van der Waals surface area contributed by atoms with Crippen molar-refractivity contribution in [3.63, 3.8) is 0 Å². The van der Waals surface area contributed by atoms with Gasteiger partial charge in [0.2, 0.25) is 5.43 Å². The molecule has 1 aromatic heterocycles. The minimum atomic E-state index is -0.681. The van der Waals surface area contributed by atoms with Crippen LogP contribution in [-0.2, 0) is 0 Å². The van der Waals surface area contributed by atoms with Gasteiger partial charge < -0.3 is 10.3 Å². The van der Waals surface area contributed by atoms with Crippen LogP contribution in [0, 0.1) is 5.92 Å². The van der Waals surface area contributed by atoms with Crippen LogP contribution in [0.5, 0.6) is 5.75 Å². The van der Waals surface area contributed by atoms with Crippen molar-refractivity contribution in [3.8, 4) is 5.75 Å².